The maximum atomic E-state index is 5.47. The highest BCUT2D eigenvalue weighted by molar-refractivity contribution is 5.02. The van der Waals surface area contributed by atoms with E-state index >= 15 is 0 Å². The van der Waals surface area contributed by atoms with E-state index in [9.17, 15) is 0 Å². The normalized spacial score (nSPS) is 34.1. The zero-order valence-electron chi connectivity index (χ0n) is 4.85. The Balaban J connectivity index is 1.92. The van der Waals surface area contributed by atoms with Crippen molar-refractivity contribution < 1.29 is 0 Å². The fourth-order valence-corrected chi connectivity index (χ4v) is 1.52. The average molecular weight is 113 g/mol. The molecule has 0 radical (unpaired) electrons. The number of nitrogens with one attached hydrogen (secondary N) is 1. The van der Waals surface area contributed by atoms with E-state index in [1.807, 2.05) is 5.01 Å². The second-order valence-electron chi connectivity index (χ2n) is 3.01. The predicted octanol–water partition coefficient (Wildman–Crippen LogP) is -1.23. The summed E-state index contributed by atoms with van der Waals surface area (Å²) in [6.45, 7) is 4.56. The fraction of sp³-hybridized carbons (Fsp3) is 1.00. The van der Waals surface area contributed by atoms with Gasteiger partial charge in [0, 0.05) is 31.6 Å². The van der Waals surface area contributed by atoms with Crippen LogP contribution >= 0.6 is 0 Å². The van der Waals surface area contributed by atoms with E-state index in [-0.39, 0.29) is 0 Å². The maximum absolute atomic E-state index is 5.47. The summed E-state index contributed by atoms with van der Waals surface area (Å²) >= 11 is 0. The molecular formula is C5H11N3. The molecule has 0 aliphatic carbocycles. The summed E-state index contributed by atoms with van der Waals surface area (Å²) in [7, 11) is 0. The van der Waals surface area contributed by atoms with Crippen LogP contribution in [0.5, 0.6) is 0 Å². The summed E-state index contributed by atoms with van der Waals surface area (Å²) in [5.74, 6) is 5.47. The van der Waals surface area contributed by atoms with Gasteiger partial charge in [-0.25, -0.2) is 5.01 Å². The number of nitrogens with zero attached hydrogens (tertiary/aromatic N) is 1. The molecule has 1 spiro atoms. The molecule has 2 saturated heterocycles. The van der Waals surface area contributed by atoms with Crippen LogP contribution in [-0.4, -0.2) is 31.2 Å². The molecule has 0 saturated carbocycles. The summed E-state index contributed by atoms with van der Waals surface area (Å²) in [4.78, 5) is 0. The van der Waals surface area contributed by atoms with Gasteiger partial charge < -0.3 is 5.32 Å². The van der Waals surface area contributed by atoms with E-state index in [1.54, 1.807) is 0 Å². The first-order valence-electron chi connectivity index (χ1n) is 3.01. The van der Waals surface area contributed by atoms with Gasteiger partial charge in [0.1, 0.15) is 0 Å². The van der Waals surface area contributed by atoms with Gasteiger partial charge in [-0.15, -0.1) is 0 Å². The molecule has 0 atom stereocenters. The Kier molecular flexibility index (Phi) is 0.730. The lowest BCUT2D eigenvalue weighted by atomic mass is 9.76. The molecule has 0 bridgehead atoms. The fourth-order valence-electron chi connectivity index (χ4n) is 1.52. The number of nitrogens with two attached hydrogens (primary N) is 1. The van der Waals surface area contributed by atoms with Crippen molar-refractivity contribution in [1.82, 2.24) is 10.3 Å². The molecule has 0 aromatic carbocycles. The van der Waals surface area contributed by atoms with Gasteiger partial charge in [-0.3, -0.25) is 5.84 Å². The molecule has 3 heteroatoms. The Hall–Kier alpha value is -0.120. The Labute approximate surface area is 48.8 Å². The lowest BCUT2D eigenvalue weighted by Crippen LogP contribution is -2.72. The number of hydrogen-bond acceptors (Lipinski definition) is 3. The molecule has 0 amide bonds. The Morgan fingerprint density at radius 1 is 1.38 bits per heavy atom. The monoisotopic (exact) mass is 113 g/mol. The first-order valence-corrected chi connectivity index (χ1v) is 3.01. The molecule has 46 valence electrons. The number of hydrogen-bond donors (Lipinski definition) is 2. The molecular weight excluding hydrogens is 102 g/mol. The molecule has 2 rings (SSSR count). The van der Waals surface area contributed by atoms with E-state index in [1.165, 1.54) is 13.1 Å². The Bertz CT molecular complexity index is 100. The Morgan fingerprint density at radius 2 is 2.00 bits per heavy atom. The van der Waals surface area contributed by atoms with Crippen LogP contribution in [0.25, 0.3) is 0 Å². The smallest absolute Gasteiger partial charge is 0.0235 e. The first-order chi connectivity index (χ1) is 3.81. The third-order valence-electron chi connectivity index (χ3n) is 2.08. The molecule has 8 heavy (non-hydrogen) atoms. The van der Waals surface area contributed by atoms with E-state index in [2.05, 4.69) is 5.32 Å². The maximum Gasteiger partial charge on any atom is 0.0235 e. The number of hydrazine groups is 1. The molecule has 0 aromatic rings. The van der Waals surface area contributed by atoms with Gasteiger partial charge in [-0.2, -0.15) is 0 Å². The molecule has 2 aliphatic rings. The SMILES string of the molecule is NN1CC2(CNC2)C1. The highest BCUT2D eigenvalue weighted by Crippen LogP contribution is 2.31. The van der Waals surface area contributed by atoms with E-state index in [4.69, 9.17) is 5.84 Å². The van der Waals surface area contributed by atoms with Crippen molar-refractivity contribution in [3.63, 3.8) is 0 Å². The first kappa shape index (κ1) is 4.73. The highest BCUT2D eigenvalue weighted by atomic mass is 15.5. The highest BCUT2D eigenvalue weighted by Gasteiger charge is 2.46. The minimum Gasteiger partial charge on any atom is -0.315 e. The van der Waals surface area contributed by atoms with Gasteiger partial charge in [0.25, 0.3) is 0 Å². The molecule has 0 unspecified atom stereocenters. The van der Waals surface area contributed by atoms with E-state index in [0.29, 0.717) is 5.41 Å². The molecule has 3 N–H and O–H groups in total. The zero-order chi connectivity index (χ0) is 5.61. The molecule has 0 aromatic heterocycles. The molecule has 3 nitrogen and oxygen atoms in total. The predicted molar refractivity (Wildman–Crippen MR) is 31.1 cm³/mol. The third-order valence-corrected chi connectivity index (χ3v) is 2.08. The van der Waals surface area contributed by atoms with Gasteiger partial charge >= 0.3 is 0 Å². The average Bonchev–Trinajstić information content (AvgIpc) is 1.51. The lowest BCUT2D eigenvalue weighted by molar-refractivity contribution is -0.0399. The van der Waals surface area contributed by atoms with Crippen LogP contribution in [0.3, 0.4) is 0 Å². The van der Waals surface area contributed by atoms with Crippen molar-refractivity contribution in [2.24, 2.45) is 11.3 Å². The topological polar surface area (TPSA) is 41.3 Å². The van der Waals surface area contributed by atoms with E-state index in [0.717, 1.165) is 13.1 Å². The summed E-state index contributed by atoms with van der Waals surface area (Å²) < 4.78 is 0. The number of rotatable bonds is 0. The van der Waals surface area contributed by atoms with Crippen LogP contribution in [0.4, 0.5) is 0 Å². The van der Waals surface area contributed by atoms with Crippen molar-refractivity contribution in [2.75, 3.05) is 26.2 Å². The van der Waals surface area contributed by atoms with Crippen molar-refractivity contribution in [2.45, 2.75) is 0 Å². The van der Waals surface area contributed by atoms with Crippen LogP contribution in [0.2, 0.25) is 0 Å². The van der Waals surface area contributed by atoms with Gasteiger partial charge in [0.2, 0.25) is 0 Å². The summed E-state index contributed by atoms with van der Waals surface area (Å²) in [5, 5.41) is 5.12. The van der Waals surface area contributed by atoms with Gasteiger partial charge in [0.15, 0.2) is 0 Å². The third kappa shape index (κ3) is 0.438. The zero-order valence-corrected chi connectivity index (χ0v) is 4.85. The van der Waals surface area contributed by atoms with Crippen LogP contribution in [-0.2, 0) is 0 Å². The minimum absolute atomic E-state index is 0.606. The van der Waals surface area contributed by atoms with Crippen molar-refractivity contribution in [3.8, 4) is 0 Å². The quantitative estimate of drug-likeness (QED) is 0.386. The minimum atomic E-state index is 0.606. The van der Waals surface area contributed by atoms with Crippen molar-refractivity contribution >= 4 is 0 Å². The molecule has 2 heterocycles. The van der Waals surface area contributed by atoms with E-state index < -0.39 is 0 Å². The van der Waals surface area contributed by atoms with Gasteiger partial charge in [-0.05, 0) is 0 Å². The summed E-state index contributed by atoms with van der Waals surface area (Å²) in [5.41, 5.74) is 0.606. The van der Waals surface area contributed by atoms with Crippen LogP contribution < -0.4 is 11.2 Å². The van der Waals surface area contributed by atoms with Crippen LogP contribution in [0, 0.1) is 5.41 Å². The largest absolute Gasteiger partial charge is 0.315 e. The van der Waals surface area contributed by atoms with Crippen molar-refractivity contribution in [1.29, 1.82) is 0 Å². The van der Waals surface area contributed by atoms with Gasteiger partial charge in [-0.1, -0.05) is 0 Å². The second kappa shape index (κ2) is 1.23. The lowest BCUT2D eigenvalue weighted by Gasteiger charge is -2.54. The van der Waals surface area contributed by atoms with Crippen LogP contribution in [0.15, 0.2) is 0 Å². The second-order valence-corrected chi connectivity index (χ2v) is 3.01. The standard InChI is InChI=1S/C5H11N3/c6-8-3-5(4-8)1-7-2-5/h7H,1-4,6H2. The van der Waals surface area contributed by atoms with Crippen LogP contribution in [0.1, 0.15) is 0 Å². The van der Waals surface area contributed by atoms with Crippen molar-refractivity contribution in [3.05, 3.63) is 0 Å². The summed E-state index contributed by atoms with van der Waals surface area (Å²) in [6, 6.07) is 0. The summed E-state index contributed by atoms with van der Waals surface area (Å²) in [6.07, 6.45) is 0. The molecule has 2 aliphatic heterocycles. The van der Waals surface area contributed by atoms with Gasteiger partial charge in [0.05, 0.1) is 0 Å². The molecule has 2 fully saturated rings. The Morgan fingerprint density at radius 3 is 2.12 bits per heavy atom.